The van der Waals surface area contributed by atoms with E-state index in [1.165, 1.54) is 45.3 Å². The van der Waals surface area contributed by atoms with Gasteiger partial charge in [0.15, 0.2) is 0 Å². The third-order valence-electron chi connectivity index (χ3n) is 5.34. The van der Waals surface area contributed by atoms with E-state index in [0.29, 0.717) is 5.41 Å². The van der Waals surface area contributed by atoms with E-state index < -0.39 is 0 Å². The maximum Gasteiger partial charge on any atom is 0.0113 e. The smallest absolute Gasteiger partial charge is 0.0113 e. The highest BCUT2D eigenvalue weighted by molar-refractivity contribution is 4.88. The van der Waals surface area contributed by atoms with Crippen molar-refractivity contribution in [1.29, 1.82) is 0 Å². The Morgan fingerprint density at radius 1 is 1.05 bits per heavy atom. The van der Waals surface area contributed by atoms with Gasteiger partial charge in [0.25, 0.3) is 0 Å². The van der Waals surface area contributed by atoms with Crippen LogP contribution in [0.25, 0.3) is 0 Å². The van der Waals surface area contributed by atoms with Crippen molar-refractivity contribution in [2.45, 2.75) is 71.9 Å². The predicted molar refractivity (Wildman–Crippen MR) is 93.9 cm³/mol. The molecule has 0 amide bonds. The van der Waals surface area contributed by atoms with E-state index in [1.54, 1.807) is 0 Å². The second-order valence-electron chi connectivity index (χ2n) is 8.28. The van der Waals surface area contributed by atoms with Crippen molar-refractivity contribution in [1.82, 2.24) is 15.1 Å². The standard InChI is InChI=1S/C18H39N3/c1-8-18(9-2,14-19-17(3,4)5)15-21-12-10-16(11-13-21)20(6)7/h16,19H,8-15H2,1-7H3. The van der Waals surface area contributed by atoms with Gasteiger partial charge in [-0.25, -0.2) is 0 Å². The summed E-state index contributed by atoms with van der Waals surface area (Å²) in [7, 11) is 4.44. The molecule has 3 heteroatoms. The summed E-state index contributed by atoms with van der Waals surface area (Å²) in [6, 6.07) is 0.784. The summed E-state index contributed by atoms with van der Waals surface area (Å²) >= 11 is 0. The molecule has 1 saturated heterocycles. The minimum Gasteiger partial charge on any atom is -0.311 e. The van der Waals surface area contributed by atoms with Crippen molar-refractivity contribution < 1.29 is 0 Å². The van der Waals surface area contributed by atoms with Crippen molar-refractivity contribution in [2.24, 2.45) is 5.41 Å². The zero-order valence-corrected chi connectivity index (χ0v) is 15.6. The normalized spacial score (nSPS) is 19.4. The van der Waals surface area contributed by atoms with E-state index in [1.807, 2.05) is 0 Å². The maximum absolute atomic E-state index is 3.75. The molecule has 0 aromatic heterocycles. The number of hydrogen-bond acceptors (Lipinski definition) is 3. The number of likely N-dealkylation sites (tertiary alicyclic amines) is 1. The Hall–Kier alpha value is -0.120. The molecule has 3 nitrogen and oxygen atoms in total. The summed E-state index contributed by atoms with van der Waals surface area (Å²) in [5.74, 6) is 0. The van der Waals surface area contributed by atoms with Crippen LogP contribution in [0.15, 0.2) is 0 Å². The Labute approximate surface area is 133 Å². The van der Waals surface area contributed by atoms with Gasteiger partial charge in [0.1, 0.15) is 0 Å². The van der Waals surface area contributed by atoms with Crippen LogP contribution in [0, 0.1) is 5.41 Å². The topological polar surface area (TPSA) is 18.5 Å². The summed E-state index contributed by atoms with van der Waals surface area (Å²) in [6.07, 6.45) is 5.17. The fourth-order valence-corrected chi connectivity index (χ4v) is 3.30. The highest BCUT2D eigenvalue weighted by Gasteiger charge is 2.31. The van der Waals surface area contributed by atoms with E-state index in [2.05, 4.69) is 63.8 Å². The molecule has 0 aromatic rings. The minimum atomic E-state index is 0.216. The summed E-state index contributed by atoms with van der Waals surface area (Å²) in [4.78, 5) is 5.10. The molecule has 126 valence electrons. The third kappa shape index (κ3) is 6.25. The molecule has 21 heavy (non-hydrogen) atoms. The van der Waals surface area contributed by atoms with Crippen molar-refractivity contribution in [3.05, 3.63) is 0 Å². The Morgan fingerprint density at radius 2 is 1.57 bits per heavy atom. The van der Waals surface area contributed by atoms with Gasteiger partial charge in [-0.2, -0.15) is 0 Å². The van der Waals surface area contributed by atoms with Crippen LogP contribution in [0.3, 0.4) is 0 Å². The van der Waals surface area contributed by atoms with E-state index in [4.69, 9.17) is 0 Å². The highest BCUT2D eigenvalue weighted by atomic mass is 15.2. The number of rotatable bonds is 7. The van der Waals surface area contributed by atoms with E-state index >= 15 is 0 Å². The van der Waals surface area contributed by atoms with Gasteiger partial charge < -0.3 is 15.1 Å². The lowest BCUT2D eigenvalue weighted by Crippen LogP contribution is -2.51. The van der Waals surface area contributed by atoms with Gasteiger partial charge in [-0.1, -0.05) is 13.8 Å². The number of piperidine rings is 1. The van der Waals surface area contributed by atoms with E-state index in [0.717, 1.165) is 12.6 Å². The van der Waals surface area contributed by atoms with Crippen LogP contribution in [0.2, 0.25) is 0 Å². The van der Waals surface area contributed by atoms with Gasteiger partial charge in [0, 0.05) is 24.7 Å². The fraction of sp³-hybridized carbons (Fsp3) is 1.00. The summed E-state index contributed by atoms with van der Waals surface area (Å²) in [6.45, 7) is 16.4. The molecule has 1 N–H and O–H groups in total. The number of hydrogen-bond donors (Lipinski definition) is 1. The first kappa shape index (κ1) is 18.9. The summed E-state index contributed by atoms with van der Waals surface area (Å²) < 4.78 is 0. The molecule has 0 saturated carbocycles. The van der Waals surface area contributed by atoms with Gasteiger partial charge in [-0.3, -0.25) is 0 Å². The van der Waals surface area contributed by atoms with Crippen LogP contribution < -0.4 is 5.32 Å². The molecule has 0 aliphatic carbocycles. The van der Waals surface area contributed by atoms with Crippen molar-refractivity contribution in [3.63, 3.8) is 0 Å². The maximum atomic E-state index is 3.75. The third-order valence-corrected chi connectivity index (χ3v) is 5.34. The Morgan fingerprint density at radius 3 is 1.95 bits per heavy atom. The first-order chi connectivity index (χ1) is 9.71. The van der Waals surface area contributed by atoms with Gasteiger partial charge in [-0.05, 0) is 79.1 Å². The molecule has 1 fully saturated rings. The molecule has 1 heterocycles. The monoisotopic (exact) mass is 297 g/mol. The SMILES string of the molecule is CCC(CC)(CNC(C)(C)C)CN1CCC(N(C)C)CC1. The second-order valence-corrected chi connectivity index (χ2v) is 8.28. The molecular weight excluding hydrogens is 258 g/mol. The van der Waals surface area contributed by atoms with Crippen LogP contribution in [0.4, 0.5) is 0 Å². The molecule has 0 spiro atoms. The van der Waals surface area contributed by atoms with Crippen LogP contribution in [0.1, 0.15) is 60.3 Å². The lowest BCUT2D eigenvalue weighted by Gasteiger charge is -2.42. The number of nitrogens with one attached hydrogen (secondary N) is 1. The Bertz CT molecular complexity index is 281. The van der Waals surface area contributed by atoms with Gasteiger partial charge in [-0.15, -0.1) is 0 Å². The summed E-state index contributed by atoms with van der Waals surface area (Å²) in [5, 5.41) is 3.75. The van der Waals surface area contributed by atoms with Crippen molar-refractivity contribution in [3.8, 4) is 0 Å². The first-order valence-electron chi connectivity index (χ1n) is 8.85. The number of nitrogens with zero attached hydrogens (tertiary/aromatic N) is 2. The Balaban J connectivity index is 2.54. The van der Waals surface area contributed by atoms with Crippen LogP contribution in [-0.4, -0.2) is 61.7 Å². The Kier molecular flexibility index (Phi) is 7.15. The molecule has 1 aliphatic heterocycles. The van der Waals surface area contributed by atoms with Gasteiger partial charge >= 0.3 is 0 Å². The average molecular weight is 298 g/mol. The highest BCUT2D eigenvalue weighted by Crippen LogP contribution is 2.29. The zero-order valence-electron chi connectivity index (χ0n) is 15.6. The van der Waals surface area contributed by atoms with Crippen molar-refractivity contribution >= 4 is 0 Å². The molecule has 0 bridgehead atoms. The molecule has 0 radical (unpaired) electrons. The fourth-order valence-electron chi connectivity index (χ4n) is 3.30. The van der Waals surface area contributed by atoms with Crippen LogP contribution >= 0.6 is 0 Å². The molecule has 1 aliphatic rings. The predicted octanol–water partition coefficient (Wildman–Crippen LogP) is 3.21. The molecular formula is C18H39N3. The molecule has 0 atom stereocenters. The van der Waals surface area contributed by atoms with Crippen molar-refractivity contribution in [2.75, 3.05) is 40.3 Å². The first-order valence-corrected chi connectivity index (χ1v) is 8.85. The van der Waals surface area contributed by atoms with Gasteiger partial charge in [0.2, 0.25) is 0 Å². The molecule has 1 rings (SSSR count). The minimum absolute atomic E-state index is 0.216. The summed E-state index contributed by atoms with van der Waals surface area (Å²) in [5.41, 5.74) is 0.645. The quantitative estimate of drug-likeness (QED) is 0.778. The van der Waals surface area contributed by atoms with Gasteiger partial charge in [0.05, 0.1) is 0 Å². The lowest BCUT2D eigenvalue weighted by molar-refractivity contribution is 0.0833. The van der Waals surface area contributed by atoms with E-state index in [-0.39, 0.29) is 5.54 Å². The molecule has 0 unspecified atom stereocenters. The molecule has 0 aromatic carbocycles. The van der Waals surface area contributed by atoms with E-state index in [9.17, 15) is 0 Å². The van der Waals surface area contributed by atoms with Crippen LogP contribution in [0.5, 0.6) is 0 Å². The lowest BCUT2D eigenvalue weighted by atomic mass is 9.80. The largest absolute Gasteiger partial charge is 0.311 e. The average Bonchev–Trinajstić information content (AvgIpc) is 2.43. The zero-order chi connectivity index (χ0) is 16.1. The second kappa shape index (κ2) is 7.94. The van der Waals surface area contributed by atoms with Crippen LogP contribution in [-0.2, 0) is 0 Å².